The average Bonchev–Trinajstić information content (AvgIpc) is 2.95. The molecule has 8 nitrogen and oxygen atoms in total. The van der Waals surface area contributed by atoms with Crippen molar-refractivity contribution in [3.05, 3.63) is 34.9 Å². The van der Waals surface area contributed by atoms with Gasteiger partial charge in [0.15, 0.2) is 0 Å². The predicted molar refractivity (Wildman–Crippen MR) is 98.7 cm³/mol. The second-order valence-corrected chi connectivity index (χ2v) is 7.07. The highest BCUT2D eigenvalue weighted by atomic mass is 16.3. The number of nitrogens with one attached hydrogen (secondary N) is 3. The van der Waals surface area contributed by atoms with Crippen molar-refractivity contribution in [3.8, 4) is 0 Å². The average molecular weight is 374 g/mol. The molecule has 0 bridgehead atoms. The highest BCUT2D eigenvalue weighted by Gasteiger charge is 2.39. The van der Waals surface area contributed by atoms with Crippen LogP contribution in [0.2, 0.25) is 0 Å². The van der Waals surface area contributed by atoms with Gasteiger partial charge in [0, 0.05) is 44.7 Å². The molecule has 2 aliphatic heterocycles. The van der Waals surface area contributed by atoms with Crippen molar-refractivity contribution in [2.75, 3.05) is 19.6 Å². The summed E-state index contributed by atoms with van der Waals surface area (Å²) in [7, 11) is 0. The van der Waals surface area contributed by atoms with Gasteiger partial charge in [0.1, 0.15) is 6.04 Å². The first kappa shape index (κ1) is 19.5. The van der Waals surface area contributed by atoms with Gasteiger partial charge in [0.25, 0.3) is 5.91 Å². The molecule has 2 aliphatic rings. The highest BCUT2D eigenvalue weighted by Crippen LogP contribution is 2.29. The van der Waals surface area contributed by atoms with Crippen molar-refractivity contribution in [1.82, 2.24) is 20.9 Å². The van der Waals surface area contributed by atoms with Gasteiger partial charge in [-0.25, -0.2) is 0 Å². The zero-order valence-corrected chi connectivity index (χ0v) is 15.5. The Morgan fingerprint density at radius 2 is 2.04 bits per heavy atom. The molecule has 0 radical (unpaired) electrons. The number of aliphatic hydroxyl groups is 1. The Hall–Kier alpha value is -2.29. The maximum absolute atomic E-state index is 12.8. The Balaban J connectivity index is 1.60. The second-order valence-electron chi connectivity index (χ2n) is 7.07. The Morgan fingerprint density at radius 1 is 1.26 bits per heavy atom. The molecule has 0 aromatic heterocycles. The van der Waals surface area contributed by atoms with E-state index in [0.29, 0.717) is 31.6 Å². The van der Waals surface area contributed by atoms with Gasteiger partial charge < -0.3 is 20.6 Å². The molecule has 1 fully saturated rings. The van der Waals surface area contributed by atoms with Gasteiger partial charge >= 0.3 is 0 Å². The minimum Gasteiger partial charge on any atom is -0.392 e. The monoisotopic (exact) mass is 374 g/mol. The molecule has 27 heavy (non-hydrogen) atoms. The van der Waals surface area contributed by atoms with Gasteiger partial charge in [-0.1, -0.05) is 12.1 Å². The number of carbonyl (C=O) groups is 3. The van der Waals surface area contributed by atoms with E-state index in [0.717, 1.165) is 24.2 Å². The van der Waals surface area contributed by atoms with Gasteiger partial charge in [0.2, 0.25) is 11.8 Å². The SMILES string of the molecule is CC(O)CNCCNCc1cccc2c1CN(C1CCC(=O)NC1=O)C2=O. The van der Waals surface area contributed by atoms with E-state index in [4.69, 9.17) is 0 Å². The molecule has 0 saturated carbocycles. The van der Waals surface area contributed by atoms with Gasteiger partial charge in [-0.05, 0) is 30.5 Å². The Kier molecular flexibility index (Phi) is 6.20. The number of piperidine rings is 1. The molecule has 146 valence electrons. The Bertz CT molecular complexity index is 734. The number of hydrogen-bond acceptors (Lipinski definition) is 6. The summed E-state index contributed by atoms with van der Waals surface area (Å²) in [6.07, 6.45) is 0.254. The molecule has 1 aromatic carbocycles. The zero-order chi connectivity index (χ0) is 19.4. The van der Waals surface area contributed by atoms with E-state index < -0.39 is 11.9 Å². The summed E-state index contributed by atoms with van der Waals surface area (Å²) in [5.74, 6) is -0.828. The van der Waals surface area contributed by atoms with Crippen LogP contribution in [0.15, 0.2) is 18.2 Å². The molecule has 3 amide bonds. The van der Waals surface area contributed by atoms with Crippen LogP contribution >= 0.6 is 0 Å². The van der Waals surface area contributed by atoms with Crippen LogP contribution in [0.25, 0.3) is 0 Å². The molecule has 1 aromatic rings. The summed E-state index contributed by atoms with van der Waals surface area (Å²) >= 11 is 0. The van der Waals surface area contributed by atoms with E-state index >= 15 is 0 Å². The van der Waals surface area contributed by atoms with Crippen LogP contribution in [0.5, 0.6) is 0 Å². The molecule has 2 heterocycles. The minimum absolute atomic E-state index is 0.153. The van der Waals surface area contributed by atoms with Crippen LogP contribution in [-0.2, 0) is 22.7 Å². The van der Waals surface area contributed by atoms with Crippen LogP contribution in [-0.4, -0.2) is 59.5 Å². The zero-order valence-electron chi connectivity index (χ0n) is 15.5. The van der Waals surface area contributed by atoms with Crippen molar-refractivity contribution < 1.29 is 19.5 Å². The Morgan fingerprint density at radius 3 is 2.78 bits per heavy atom. The normalized spacial score (nSPS) is 20.6. The predicted octanol–water partition coefficient (Wildman–Crippen LogP) is -0.492. The van der Waals surface area contributed by atoms with Gasteiger partial charge in [-0.3, -0.25) is 19.7 Å². The van der Waals surface area contributed by atoms with E-state index in [9.17, 15) is 19.5 Å². The fraction of sp³-hybridized carbons (Fsp3) is 0.526. The molecule has 0 spiro atoms. The highest BCUT2D eigenvalue weighted by molar-refractivity contribution is 6.05. The number of rotatable bonds is 8. The van der Waals surface area contributed by atoms with Crippen molar-refractivity contribution in [2.45, 2.75) is 45.0 Å². The van der Waals surface area contributed by atoms with Crippen molar-refractivity contribution in [3.63, 3.8) is 0 Å². The molecular formula is C19H26N4O4. The van der Waals surface area contributed by atoms with E-state index in [1.807, 2.05) is 12.1 Å². The lowest BCUT2D eigenvalue weighted by atomic mass is 10.0. The Labute approximate surface area is 158 Å². The fourth-order valence-corrected chi connectivity index (χ4v) is 3.53. The second kappa shape index (κ2) is 8.60. The van der Waals surface area contributed by atoms with E-state index in [1.165, 1.54) is 0 Å². The summed E-state index contributed by atoms with van der Waals surface area (Å²) in [6, 6.07) is 5.04. The van der Waals surface area contributed by atoms with Crippen LogP contribution in [0.4, 0.5) is 0 Å². The quantitative estimate of drug-likeness (QED) is 0.361. The molecule has 8 heteroatoms. The molecule has 0 aliphatic carbocycles. The molecule has 4 N–H and O–H groups in total. The molecular weight excluding hydrogens is 348 g/mol. The van der Waals surface area contributed by atoms with E-state index in [-0.39, 0.29) is 24.3 Å². The lowest BCUT2D eigenvalue weighted by molar-refractivity contribution is -0.136. The first-order valence-corrected chi connectivity index (χ1v) is 9.32. The van der Waals surface area contributed by atoms with Crippen LogP contribution in [0, 0.1) is 0 Å². The van der Waals surface area contributed by atoms with Gasteiger partial charge in [0.05, 0.1) is 6.10 Å². The lowest BCUT2D eigenvalue weighted by Crippen LogP contribution is -2.52. The number of carbonyl (C=O) groups excluding carboxylic acids is 3. The number of imide groups is 1. The summed E-state index contributed by atoms with van der Waals surface area (Å²) < 4.78 is 0. The van der Waals surface area contributed by atoms with Crippen molar-refractivity contribution in [2.24, 2.45) is 0 Å². The lowest BCUT2D eigenvalue weighted by Gasteiger charge is -2.29. The fourth-order valence-electron chi connectivity index (χ4n) is 3.53. The molecule has 3 rings (SSSR count). The number of nitrogens with zero attached hydrogens (tertiary/aromatic N) is 1. The minimum atomic E-state index is -0.590. The molecule has 2 unspecified atom stereocenters. The summed E-state index contributed by atoms with van der Waals surface area (Å²) in [4.78, 5) is 37.8. The largest absolute Gasteiger partial charge is 0.392 e. The summed E-state index contributed by atoms with van der Waals surface area (Å²) in [6.45, 7) is 4.77. The third kappa shape index (κ3) is 4.52. The van der Waals surface area contributed by atoms with Gasteiger partial charge in [-0.15, -0.1) is 0 Å². The van der Waals surface area contributed by atoms with Crippen LogP contribution < -0.4 is 16.0 Å². The molecule has 2 atom stereocenters. The number of hydrogen-bond donors (Lipinski definition) is 4. The van der Waals surface area contributed by atoms with E-state index in [2.05, 4.69) is 16.0 Å². The summed E-state index contributed by atoms with van der Waals surface area (Å²) in [5, 5.41) is 18.0. The maximum atomic E-state index is 12.8. The standard InChI is InChI=1S/C19H26N4O4/c1-12(24)9-20-7-8-21-10-13-3-2-4-14-15(13)11-23(19(14)27)16-5-6-17(25)22-18(16)26/h2-4,12,16,20-21,24H,5-11H2,1H3,(H,22,25,26). The van der Waals surface area contributed by atoms with Crippen LogP contribution in [0.3, 0.4) is 0 Å². The van der Waals surface area contributed by atoms with Gasteiger partial charge in [-0.2, -0.15) is 0 Å². The topological polar surface area (TPSA) is 111 Å². The number of benzene rings is 1. The molecule has 1 saturated heterocycles. The van der Waals surface area contributed by atoms with E-state index in [1.54, 1.807) is 17.9 Å². The first-order chi connectivity index (χ1) is 13.0. The number of fused-ring (bicyclic) bond motifs is 1. The van der Waals surface area contributed by atoms with Crippen molar-refractivity contribution >= 4 is 17.7 Å². The third-order valence-corrected chi connectivity index (χ3v) is 4.91. The summed E-state index contributed by atoms with van der Waals surface area (Å²) in [5.41, 5.74) is 2.61. The van der Waals surface area contributed by atoms with Crippen LogP contribution in [0.1, 0.15) is 41.3 Å². The maximum Gasteiger partial charge on any atom is 0.255 e. The smallest absolute Gasteiger partial charge is 0.255 e. The van der Waals surface area contributed by atoms with Crippen molar-refractivity contribution in [1.29, 1.82) is 0 Å². The first-order valence-electron chi connectivity index (χ1n) is 9.32. The number of aliphatic hydroxyl groups excluding tert-OH is 1. The number of amides is 3. The third-order valence-electron chi connectivity index (χ3n) is 4.91.